The Morgan fingerprint density at radius 2 is 2.06 bits per heavy atom. The second kappa shape index (κ2) is 5.69. The van der Waals surface area contributed by atoms with Gasteiger partial charge in [0.1, 0.15) is 5.67 Å². The molecular formula is C15H28FN. The van der Waals surface area contributed by atoms with E-state index in [4.69, 9.17) is 0 Å². The van der Waals surface area contributed by atoms with Gasteiger partial charge in [0.2, 0.25) is 0 Å². The van der Waals surface area contributed by atoms with Crippen LogP contribution < -0.4 is 0 Å². The second-order valence-corrected chi connectivity index (χ2v) is 6.71. The standard InChI is InChI=1S/C15H28FN/c1-13-4-3-5-14(7-6-13)8-10-17-11-9-15(2,16)12-17/h13-14H,3-12H2,1-2H3. The maximum absolute atomic E-state index is 13.7. The maximum Gasteiger partial charge on any atom is 0.122 e. The van der Waals surface area contributed by atoms with Crippen molar-refractivity contribution in [2.75, 3.05) is 19.6 Å². The average molecular weight is 241 g/mol. The lowest BCUT2D eigenvalue weighted by atomic mass is 9.96. The van der Waals surface area contributed by atoms with Crippen LogP contribution in [0.5, 0.6) is 0 Å². The first-order chi connectivity index (χ1) is 8.05. The zero-order chi connectivity index (χ0) is 12.3. The fourth-order valence-corrected chi connectivity index (χ4v) is 3.42. The first-order valence-electron chi connectivity index (χ1n) is 7.46. The van der Waals surface area contributed by atoms with Crippen molar-refractivity contribution in [3.63, 3.8) is 0 Å². The van der Waals surface area contributed by atoms with E-state index in [1.807, 2.05) is 0 Å². The number of rotatable bonds is 3. The Bertz CT molecular complexity index is 239. The summed E-state index contributed by atoms with van der Waals surface area (Å²) in [7, 11) is 0. The molecule has 0 aromatic rings. The third-order valence-electron chi connectivity index (χ3n) is 4.73. The first-order valence-corrected chi connectivity index (χ1v) is 7.46. The van der Waals surface area contributed by atoms with E-state index in [9.17, 15) is 4.39 Å². The van der Waals surface area contributed by atoms with Crippen LogP contribution in [-0.2, 0) is 0 Å². The molecule has 0 bridgehead atoms. The van der Waals surface area contributed by atoms with Crippen molar-refractivity contribution in [3.8, 4) is 0 Å². The molecule has 2 fully saturated rings. The Hall–Kier alpha value is -0.110. The van der Waals surface area contributed by atoms with Gasteiger partial charge in [-0.15, -0.1) is 0 Å². The lowest BCUT2D eigenvalue weighted by Crippen LogP contribution is -2.28. The Kier molecular flexibility index (Phi) is 4.46. The zero-order valence-corrected chi connectivity index (χ0v) is 11.6. The molecule has 1 saturated heterocycles. The van der Waals surface area contributed by atoms with E-state index in [0.29, 0.717) is 6.54 Å². The van der Waals surface area contributed by atoms with Gasteiger partial charge in [0, 0.05) is 13.1 Å². The Morgan fingerprint density at radius 1 is 1.24 bits per heavy atom. The molecule has 1 aliphatic heterocycles. The molecule has 2 rings (SSSR count). The molecule has 1 heterocycles. The van der Waals surface area contributed by atoms with Gasteiger partial charge in [-0.1, -0.05) is 39.0 Å². The van der Waals surface area contributed by atoms with E-state index in [2.05, 4.69) is 11.8 Å². The third-order valence-corrected chi connectivity index (χ3v) is 4.73. The monoisotopic (exact) mass is 241 g/mol. The van der Waals surface area contributed by atoms with Gasteiger partial charge in [0.15, 0.2) is 0 Å². The zero-order valence-electron chi connectivity index (χ0n) is 11.6. The highest BCUT2D eigenvalue weighted by Crippen LogP contribution is 2.30. The lowest BCUT2D eigenvalue weighted by molar-refractivity contribution is 0.184. The average Bonchev–Trinajstić information content (AvgIpc) is 2.48. The number of hydrogen-bond donors (Lipinski definition) is 0. The van der Waals surface area contributed by atoms with E-state index in [1.54, 1.807) is 6.92 Å². The fourth-order valence-electron chi connectivity index (χ4n) is 3.42. The van der Waals surface area contributed by atoms with Crippen molar-refractivity contribution in [1.29, 1.82) is 0 Å². The predicted molar refractivity (Wildman–Crippen MR) is 70.9 cm³/mol. The largest absolute Gasteiger partial charge is 0.300 e. The smallest absolute Gasteiger partial charge is 0.122 e. The van der Waals surface area contributed by atoms with E-state index < -0.39 is 5.67 Å². The number of halogens is 1. The summed E-state index contributed by atoms with van der Waals surface area (Å²) in [5, 5.41) is 0. The van der Waals surface area contributed by atoms with Crippen molar-refractivity contribution in [2.24, 2.45) is 11.8 Å². The van der Waals surface area contributed by atoms with Crippen LogP contribution in [0.25, 0.3) is 0 Å². The van der Waals surface area contributed by atoms with Crippen LogP contribution in [0.15, 0.2) is 0 Å². The molecule has 0 aromatic carbocycles. The van der Waals surface area contributed by atoms with Crippen molar-refractivity contribution in [2.45, 2.75) is 64.5 Å². The summed E-state index contributed by atoms with van der Waals surface area (Å²) >= 11 is 0. The Labute approximate surface area is 106 Å². The summed E-state index contributed by atoms with van der Waals surface area (Å²) in [4.78, 5) is 2.33. The number of hydrogen-bond acceptors (Lipinski definition) is 1. The van der Waals surface area contributed by atoms with Gasteiger partial charge in [-0.05, 0) is 38.1 Å². The summed E-state index contributed by atoms with van der Waals surface area (Å²) < 4.78 is 13.7. The van der Waals surface area contributed by atoms with Crippen LogP contribution in [0.4, 0.5) is 4.39 Å². The molecular weight excluding hydrogens is 213 g/mol. The molecule has 2 aliphatic rings. The summed E-state index contributed by atoms with van der Waals surface area (Å²) in [6, 6.07) is 0. The normalized spacial score (nSPS) is 40.4. The van der Waals surface area contributed by atoms with Gasteiger partial charge in [-0.3, -0.25) is 0 Å². The molecule has 0 spiro atoms. The number of nitrogens with zero attached hydrogens (tertiary/aromatic N) is 1. The van der Waals surface area contributed by atoms with Gasteiger partial charge in [-0.2, -0.15) is 0 Å². The molecule has 0 N–H and O–H groups in total. The molecule has 17 heavy (non-hydrogen) atoms. The van der Waals surface area contributed by atoms with Crippen molar-refractivity contribution >= 4 is 0 Å². The molecule has 0 radical (unpaired) electrons. The minimum absolute atomic E-state index is 0.663. The van der Waals surface area contributed by atoms with E-state index >= 15 is 0 Å². The molecule has 3 unspecified atom stereocenters. The summed E-state index contributed by atoms with van der Waals surface area (Å²) in [5.41, 5.74) is -0.919. The molecule has 1 aliphatic carbocycles. The summed E-state index contributed by atoms with van der Waals surface area (Å²) in [6.45, 7) is 6.89. The second-order valence-electron chi connectivity index (χ2n) is 6.71. The van der Waals surface area contributed by atoms with Crippen LogP contribution in [-0.4, -0.2) is 30.2 Å². The topological polar surface area (TPSA) is 3.24 Å². The molecule has 3 atom stereocenters. The highest BCUT2D eigenvalue weighted by molar-refractivity contribution is 4.86. The summed E-state index contributed by atoms with van der Waals surface area (Å²) in [6.07, 6.45) is 9.07. The van der Waals surface area contributed by atoms with Crippen LogP contribution in [0.2, 0.25) is 0 Å². The van der Waals surface area contributed by atoms with Gasteiger partial charge in [0.25, 0.3) is 0 Å². The molecule has 2 heteroatoms. The van der Waals surface area contributed by atoms with Gasteiger partial charge < -0.3 is 4.90 Å². The van der Waals surface area contributed by atoms with Crippen LogP contribution in [0.1, 0.15) is 58.8 Å². The van der Waals surface area contributed by atoms with Crippen molar-refractivity contribution < 1.29 is 4.39 Å². The molecule has 1 nitrogen and oxygen atoms in total. The van der Waals surface area contributed by atoms with Crippen LogP contribution >= 0.6 is 0 Å². The highest BCUT2D eigenvalue weighted by atomic mass is 19.1. The molecule has 0 amide bonds. The van der Waals surface area contributed by atoms with E-state index in [-0.39, 0.29) is 0 Å². The van der Waals surface area contributed by atoms with Gasteiger partial charge >= 0.3 is 0 Å². The third kappa shape index (κ3) is 4.24. The molecule has 0 aromatic heterocycles. The molecule has 1 saturated carbocycles. The number of likely N-dealkylation sites (tertiary alicyclic amines) is 1. The SMILES string of the molecule is CC1CCCC(CCN2CCC(C)(F)C2)CC1. The highest BCUT2D eigenvalue weighted by Gasteiger charge is 2.33. The minimum Gasteiger partial charge on any atom is -0.300 e. The lowest BCUT2D eigenvalue weighted by Gasteiger charge is -2.20. The van der Waals surface area contributed by atoms with E-state index in [1.165, 1.54) is 38.5 Å². The first kappa shape index (κ1) is 13.3. The van der Waals surface area contributed by atoms with Crippen molar-refractivity contribution in [1.82, 2.24) is 4.90 Å². The Morgan fingerprint density at radius 3 is 2.76 bits per heavy atom. The van der Waals surface area contributed by atoms with Crippen molar-refractivity contribution in [3.05, 3.63) is 0 Å². The van der Waals surface area contributed by atoms with E-state index in [0.717, 1.165) is 31.3 Å². The van der Waals surface area contributed by atoms with Crippen LogP contribution in [0, 0.1) is 11.8 Å². The quantitative estimate of drug-likeness (QED) is 0.674. The van der Waals surface area contributed by atoms with Crippen LogP contribution in [0.3, 0.4) is 0 Å². The predicted octanol–water partition coefficient (Wildman–Crippen LogP) is 4.03. The minimum atomic E-state index is -0.919. The summed E-state index contributed by atoms with van der Waals surface area (Å²) in [5.74, 6) is 1.84. The maximum atomic E-state index is 13.7. The number of alkyl halides is 1. The fraction of sp³-hybridized carbons (Fsp3) is 1.00. The van der Waals surface area contributed by atoms with Gasteiger partial charge in [0.05, 0.1) is 0 Å². The molecule has 100 valence electrons. The van der Waals surface area contributed by atoms with Gasteiger partial charge in [-0.25, -0.2) is 4.39 Å². The Balaban J connectivity index is 1.68.